The van der Waals surface area contributed by atoms with Crippen molar-refractivity contribution in [3.63, 3.8) is 0 Å². The smallest absolute Gasteiger partial charge is 0.247 e. The summed E-state index contributed by atoms with van der Waals surface area (Å²) in [7, 11) is 0. The second kappa shape index (κ2) is 8.29. The number of hydrogen-bond donors (Lipinski definition) is 1. The van der Waals surface area contributed by atoms with Gasteiger partial charge in [0.2, 0.25) is 11.8 Å². The van der Waals surface area contributed by atoms with Gasteiger partial charge < -0.3 is 10.2 Å². The number of likely N-dealkylation sites (N-methyl/N-ethyl adjacent to an activating group) is 1. The van der Waals surface area contributed by atoms with Crippen LogP contribution in [0.25, 0.3) is 16.8 Å². The van der Waals surface area contributed by atoms with Crippen molar-refractivity contribution in [2.75, 3.05) is 13.1 Å². The molecule has 2 rings (SSSR count). The second-order valence-electron chi connectivity index (χ2n) is 5.98. The fourth-order valence-electron chi connectivity index (χ4n) is 2.55. The van der Waals surface area contributed by atoms with E-state index in [-0.39, 0.29) is 24.4 Å². The van der Waals surface area contributed by atoms with Gasteiger partial charge in [-0.3, -0.25) is 9.59 Å². The topological polar surface area (TPSA) is 49.4 Å². The highest BCUT2D eigenvalue weighted by Gasteiger charge is 2.13. The number of carbonyl (C=O) groups is 2. The first-order valence-electron chi connectivity index (χ1n) is 8.25. The molecule has 1 N–H and O–H groups in total. The predicted octanol–water partition coefficient (Wildman–Crippen LogP) is 3.23. The van der Waals surface area contributed by atoms with E-state index >= 15 is 0 Å². The number of hydrogen-bond acceptors (Lipinski definition) is 2. The SMILES string of the molecule is CCN(CC(=O)NC(C)C)C(=O)C=Cc1cccc2ccccc12. The van der Waals surface area contributed by atoms with Crippen LogP contribution in [0.1, 0.15) is 26.3 Å². The Hall–Kier alpha value is -2.62. The zero-order valence-electron chi connectivity index (χ0n) is 14.5. The van der Waals surface area contributed by atoms with Crippen molar-refractivity contribution >= 4 is 28.7 Å². The van der Waals surface area contributed by atoms with Crippen LogP contribution in [0.15, 0.2) is 48.5 Å². The lowest BCUT2D eigenvalue weighted by Gasteiger charge is -2.19. The number of fused-ring (bicyclic) bond motifs is 1. The van der Waals surface area contributed by atoms with E-state index in [2.05, 4.69) is 5.32 Å². The molecule has 0 aliphatic heterocycles. The number of amides is 2. The quantitative estimate of drug-likeness (QED) is 0.829. The third-order valence-electron chi connectivity index (χ3n) is 3.71. The molecule has 2 amide bonds. The molecule has 126 valence electrons. The van der Waals surface area contributed by atoms with Crippen LogP contribution in [-0.2, 0) is 9.59 Å². The van der Waals surface area contributed by atoms with Gasteiger partial charge in [0.25, 0.3) is 0 Å². The van der Waals surface area contributed by atoms with E-state index in [1.807, 2.05) is 69.3 Å². The van der Waals surface area contributed by atoms with Crippen LogP contribution in [0, 0.1) is 0 Å². The molecule has 2 aromatic rings. The average molecular weight is 324 g/mol. The lowest BCUT2D eigenvalue weighted by atomic mass is 10.0. The molecule has 0 saturated carbocycles. The largest absolute Gasteiger partial charge is 0.352 e. The van der Waals surface area contributed by atoms with Crippen LogP contribution in [0.5, 0.6) is 0 Å². The molecule has 0 aromatic heterocycles. The fraction of sp³-hybridized carbons (Fsp3) is 0.300. The Morgan fingerprint density at radius 3 is 2.54 bits per heavy atom. The molecule has 0 unspecified atom stereocenters. The van der Waals surface area contributed by atoms with Crippen LogP contribution in [0.3, 0.4) is 0 Å². The molecular weight excluding hydrogens is 300 g/mol. The van der Waals surface area contributed by atoms with Gasteiger partial charge in [-0.1, -0.05) is 42.5 Å². The van der Waals surface area contributed by atoms with E-state index < -0.39 is 0 Å². The van der Waals surface area contributed by atoms with Gasteiger partial charge in [-0.15, -0.1) is 0 Å². The molecule has 2 aromatic carbocycles. The monoisotopic (exact) mass is 324 g/mol. The molecular formula is C20H24N2O2. The molecule has 0 fully saturated rings. The molecule has 0 aliphatic rings. The zero-order valence-corrected chi connectivity index (χ0v) is 14.5. The molecule has 0 heterocycles. The summed E-state index contributed by atoms with van der Waals surface area (Å²) < 4.78 is 0. The number of rotatable bonds is 6. The van der Waals surface area contributed by atoms with E-state index in [9.17, 15) is 9.59 Å². The predicted molar refractivity (Wildman–Crippen MR) is 98.5 cm³/mol. The summed E-state index contributed by atoms with van der Waals surface area (Å²) in [6, 6.07) is 14.1. The van der Waals surface area contributed by atoms with E-state index in [1.54, 1.807) is 0 Å². The molecule has 0 aliphatic carbocycles. The summed E-state index contributed by atoms with van der Waals surface area (Å²) in [6.07, 6.45) is 3.35. The zero-order chi connectivity index (χ0) is 17.5. The third-order valence-corrected chi connectivity index (χ3v) is 3.71. The van der Waals surface area contributed by atoms with Crippen LogP contribution in [0.4, 0.5) is 0 Å². The van der Waals surface area contributed by atoms with Crippen molar-refractivity contribution < 1.29 is 9.59 Å². The standard InChI is InChI=1S/C20H24N2O2/c1-4-22(14-19(23)21-15(2)3)20(24)13-12-17-10-7-9-16-8-5-6-11-18(16)17/h5-13,15H,4,14H2,1-3H3,(H,21,23). The lowest BCUT2D eigenvalue weighted by Crippen LogP contribution is -2.42. The van der Waals surface area contributed by atoms with Crippen molar-refractivity contribution in [2.24, 2.45) is 0 Å². The minimum atomic E-state index is -0.163. The van der Waals surface area contributed by atoms with E-state index in [4.69, 9.17) is 0 Å². The molecule has 4 heteroatoms. The summed E-state index contributed by atoms with van der Waals surface area (Å²) in [5, 5.41) is 5.04. The molecule has 24 heavy (non-hydrogen) atoms. The van der Waals surface area contributed by atoms with Gasteiger partial charge in [0, 0.05) is 18.7 Å². The third kappa shape index (κ3) is 4.69. The summed E-state index contributed by atoms with van der Waals surface area (Å²) in [6.45, 7) is 6.23. The normalized spacial score (nSPS) is 11.2. The van der Waals surface area contributed by atoms with Crippen LogP contribution < -0.4 is 5.32 Å². The number of nitrogens with one attached hydrogen (secondary N) is 1. The Bertz CT molecular complexity index is 745. The van der Waals surface area contributed by atoms with Gasteiger partial charge in [0.15, 0.2) is 0 Å². The van der Waals surface area contributed by atoms with Gasteiger partial charge in [-0.05, 0) is 43.2 Å². The summed E-state index contributed by atoms with van der Waals surface area (Å²) in [5.41, 5.74) is 0.990. The van der Waals surface area contributed by atoms with E-state index in [1.165, 1.54) is 11.0 Å². The molecule has 0 saturated heterocycles. The Kier molecular flexibility index (Phi) is 6.13. The first kappa shape index (κ1) is 17.7. The Labute approximate surface area is 143 Å². The number of carbonyl (C=O) groups excluding carboxylic acids is 2. The Balaban J connectivity index is 2.11. The van der Waals surface area contributed by atoms with Gasteiger partial charge in [0.1, 0.15) is 0 Å². The summed E-state index contributed by atoms with van der Waals surface area (Å²) >= 11 is 0. The van der Waals surface area contributed by atoms with Gasteiger partial charge in [-0.2, -0.15) is 0 Å². The van der Waals surface area contributed by atoms with Crippen molar-refractivity contribution in [2.45, 2.75) is 26.8 Å². The number of nitrogens with zero attached hydrogens (tertiary/aromatic N) is 1. The maximum absolute atomic E-state index is 12.4. The molecule has 0 spiro atoms. The van der Waals surface area contributed by atoms with Crippen molar-refractivity contribution in [1.82, 2.24) is 10.2 Å². The van der Waals surface area contributed by atoms with Gasteiger partial charge >= 0.3 is 0 Å². The summed E-state index contributed by atoms with van der Waals surface area (Å²) in [5.74, 6) is -0.303. The second-order valence-corrected chi connectivity index (χ2v) is 5.98. The fourth-order valence-corrected chi connectivity index (χ4v) is 2.55. The maximum Gasteiger partial charge on any atom is 0.247 e. The molecule has 0 atom stereocenters. The minimum absolute atomic E-state index is 0.0672. The van der Waals surface area contributed by atoms with E-state index in [0.29, 0.717) is 6.54 Å². The summed E-state index contributed by atoms with van der Waals surface area (Å²) in [4.78, 5) is 25.7. The van der Waals surface area contributed by atoms with Crippen LogP contribution in [0.2, 0.25) is 0 Å². The van der Waals surface area contributed by atoms with Gasteiger partial charge in [-0.25, -0.2) is 0 Å². The van der Waals surface area contributed by atoms with Crippen molar-refractivity contribution in [1.29, 1.82) is 0 Å². The molecule has 0 radical (unpaired) electrons. The highest BCUT2D eigenvalue weighted by molar-refractivity contribution is 5.98. The number of benzene rings is 2. The lowest BCUT2D eigenvalue weighted by molar-refractivity contribution is -0.132. The van der Waals surface area contributed by atoms with Crippen LogP contribution in [-0.4, -0.2) is 35.8 Å². The van der Waals surface area contributed by atoms with Crippen molar-refractivity contribution in [3.05, 3.63) is 54.1 Å². The maximum atomic E-state index is 12.4. The Morgan fingerprint density at radius 2 is 1.83 bits per heavy atom. The molecule has 4 nitrogen and oxygen atoms in total. The Morgan fingerprint density at radius 1 is 1.12 bits per heavy atom. The highest BCUT2D eigenvalue weighted by atomic mass is 16.2. The van der Waals surface area contributed by atoms with Gasteiger partial charge in [0.05, 0.1) is 6.54 Å². The minimum Gasteiger partial charge on any atom is -0.352 e. The molecule has 0 bridgehead atoms. The van der Waals surface area contributed by atoms with E-state index in [0.717, 1.165) is 16.3 Å². The van der Waals surface area contributed by atoms with Crippen molar-refractivity contribution in [3.8, 4) is 0 Å². The highest BCUT2D eigenvalue weighted by Crippen LogP contribution is 2.19. The average Bonchev–Trinajstić information content (AvgIpc) is 2.56. The first-order valence-corrected chi connectivity index (χ1v) is 8.25. The first-order chi connectivity index (χ1) is 11.5. The van der Waals surface area contributed by atoms with Crippen LogP contribution >= 0.6 is 0 Å².